The molecule has 0 saturated heterocycles. The normalized spacial score (nSPS) is 27.0. The fourth-order valence-electron chi connectivity index (χ4n) is 1.60. The van der Waals surface area contributed by atoms with Crippen molar-refractivity contribution in [3.05, 3.63) is 11.1 Å². The Kier molecular flexibility index (Phi) is 0.927. The van der Waals surface area contributed by atoms with Crippen LogP contribution in [0, 0.1) is 0 Å². The zero-order chi connectivity index (χ0) is 5.40. The largest absolute Gasteiger partial charge is 0.0666 e. The van der Waals surface area contributed by atoms with E-state index in [9.17, 15) is 0 Å². The average Bonchev–Trinajstić information content (AvgIpc) is 2.36. The summed E-state index contributed by atoms with van der Waals surface area (Å²) in [6.07, 6.45) is 8.72. The lowest BCUT2D eigenvalue weighted by Gasteiger charge is -1.92. The molecule has 8 heavy (non-hydrogen) atoms. The van der Waals surface area contributed by atoms with Gasteiger partial charge in [-0.25, -0.2) is 0 Å². The van der Waals surface area contributed by atoms with Crippen LogP contribution in [-0.4, -0.2) is 0 Å². The molecule has 0 heteroatoms. The average molecular weight is 108 g/mol. The van der Waals surface area contributed by atoms with Crippen LogP contribution in [0.2, 0.25) is 0 Å². The van der Waals surface area contributed by atoms with Crippen LogP contribution in [0.1, 0.15) is 38.5 Å². The van der Waals surface area contributed by atoms with Gasteiger partial charge in [0, 0.05) is 0 Å². The molecular weight excluding hydrogens is 96.1 g/mol. The molecule has 0 radical (unpaired) electrons. The van der Waals surface area contributed by atoms with Crippen molar-refractivity contribution in [1.82, 2.24) is 0 Å². The van der Waals surface area contributed by atoms with E-state index in [4.69, 9.17) is 0 Å². The highest BCUT2D eigenvalue weighted by atomic mass is 14.3. The van der Waals surface area contributed by atoms with Crippen molar-refractivity contribution in [1.29, 1.82) is 0 Å². The third-order valence-electron chi connectivity index (χ3n) is 2.26. The fraction of sp³-hybridized carbons (Fsp3) is 0.750. The summed E-state index contributed by atoms with van der Waals surface area (Å²) in [6, 6.07) is 0. The molecule has 2 aliphatic rings. The van der Waals surface area contributed by atoms with E-state index in [0.717, 1.165) is 0 Å². The van der Waals surface area contributed by atoms with Gasteiger partial charge >= 0.3 is 0 Å². The summed E-state index contributed by atoms with van der Waals surface area (Å²) in [4.78, 5) is 0. The molecule has 0 aromatic rings. The lowest BCUT2D eigenvalue weighted by atomic mass is 10.1. The molecule has 0 atom stereocenters. The Balaban J connectivity index is 2.02. The summed E-state index contributed by atoms with van der Waals surface area (Å²) in [5.74, 6) is 0. The molecule has 2 aliphatic carbocycles. The van der Waals surface area contributed by atoms with Crippen molar-refractivity contribution < 1.29 is 0 Å². The van der Waals surface area contributed by atoms with E-state index in [1.165, 1.54) is 38.5 Å². The monoisotopic (exact) mass is 108 g/mol. The highest BCUT2D eigenvalue weighted by Crippen LogP contribution is 2.41. The molecule has 0 N–H and O–H groups in total. The van der Waals surface area contributed by atoms with E-state index in [1.54, 1.807) is 0 Å². The van der Waals surface area contributed by atoms with Gasteiger partial charge in [-0.15, -0.1) is 0 Å². The van der Waals surface area contributed by atoms with E-state index in [1.807, 2.05) is 11.1 Å². The standard InChI is InChI=1S/C8H12/c1-2-4-7-6-8(7)5-3-1/h1-6H2. The molecule has 0 aliphatic heterocycles. The van der Waals surface area contributed by atoms with Crippen molar-refractivity contribution in [2.45, 2.75) is 38.5 Å². The van der Waals surface area contributed by atoms with Gasteiger partial charge in [0.15, 0.2) is 0 Å². The van der Waals surface area contributed by atoms with Crippen molar-refractivity contribution in [3.63, 3.8) is 0 Å². The zero-order valence-corrected chi connectivity index (χ0v) is 5.24. The van der Waals surface area contributed by atoms with Crippen LogP contribution in [0.4, 0.5) is 0 Å². The molecule has 0 saturated carbocycles. The smallest absolute Gasteiger partial charge is 0.0103 e. The highest BCUT2D eigenvalue weighted by molar-refractivity contribution is 5.35. The molecule has 0 amide bonds. The lowest BCUT2D eigenvalue weighted by Crippen LogP contribution is -1.73. The van der Waals surface area contributed by atoms with Crippen molar-refractivity contribution in [2.24, 2.45) is 0 Å². The first-order valence-corrected chi connectivity index (χ1v) is 3.66. The Morgan fingerprint density at radius 3 is 2.00 bits per heavy atom. The summed E-state index contributed by atoms with van der Waals surface area (Å²) >= 11 is 0. The Labute approximate surface area is 50.6 Å². The number of hydrogen-bond acceptors (Lipinski definition) is 0. The molecule has 2 rings (SSSR count). The summed E-state index contributed by atoms with van der Waals surface area (Å²) < 4.78 is 0. The predicted molar refractivity (Wildman–Crippen MR) is 34.7 cm³/mol. The maximum Gasteiger partial charge on any atom is -0.0103 e. The first kappa shape index (κ1) is 4.60. The van der Waals surface area contributed by atoms with Gasteiger partial charge in [-0.1, -0.05) is 17.6 Å². The second-order valence-corrected chi connectivity index (χ2v) is 2.94. The van der Waals surface area contributed by atoms with Crippen LogP contribution >= 0.6 is 0 Å². The predicted octanol–water partition coefficient (Wildman–Crippen LogP) is 2.65. The SMILES string of the molecule is C1CCC2=C(CC1)C2. The molecule has 0 aromatic heterocycles. The summed E-state index contributed by atoms with van der Waals surface area (Å²) in [5, 5.41) is 0. The van der Waals surface area contributed by atoms with Crippen LogP contribution in [-0.2, 0) is 0 Å². The van der Waals surface area contributed by atoms with Crippen molar-refractivity contribution in [2.75, 3.05) is 0 Å². The number of rotatable bonds is 0. The van der Waals surface area contributed by atoms with Gasteiger partial charge in [-0.2, -0.15) is 0 Å². The molecule has 0 nitrogen and oxygen atoms in total. The molecular formula is C8H12. The molecule has 0 aromatic carbocycles. The van der Waals surface area contributed by atoms with Gasteiger partial charge in [0.2, 0.25) is 0 Å². The fourth-order valence-corrected chi connectivity index (χ4v) is 1.60. The second-order valence-electron chi connectivity index (χ2n) is 2.94. The Hall–Kier alpha value is -0.260. The molecule has 0 heterocycles. The third kappa shape index (κ3) is 0.683. The van der Waals surface area contributed by atoms with Crippen molar-refractivity contribution in [3.8, 4) is 0 Å². The zero-order valence-electron chi connectivity index (χ0n) is 5.24. The maximum atomic E-state index is 1.81. The molecule has 0 fully saturated rings. The number of allylic oxidation sites excluding steroid dienone is 2. The van der Waals surface area contributed by atoms with E-state index >= 15 is 0 Å². The quantitative estimate of drug-likeness (QED) is 0.418. The summed E-state index contributed by atoms with van der Waals surface area (Å²) in [5.41, 5.74) is 3.62. The van der Waals surface area contributed by atoms with Crippen LogP contribution in [0.3, 0.4) is 0 Å². The minimum absolute atomic E-state index is 1.42. The minimum atomic E-state index is 1.42. The van der Waals surface area contributed by atoms with Crippen LogP contribution in [0.5, 0.6) is 0 Å². The van der Waals surface area contributed by atoms with Crippen molar-refractivity contribution >= 4 is 0 Å². The second kappa shape index (κ2) is 1.61. The Morgan fingerprint density at radius 1 is 0.750 bits per heavy atom. The lowest BCUT2D eigenvalue weighted by molar-refractivity contribution is 0.689. The van der Waals surface area contributed by atoms with Crippen LogP contribution < -0.4 is 0 Å². The van der Waals surface area contributed by atoms with Gasteiger partial charge in [-0.3, -0.25) is 0 Å². The van der Waals surface area contributed by atoms with Crippen LogP contribution in [0.15, 0.2) is 11.1 Å². The number of hydrogen-bond donors (Lipinski definition) is 0. The molecule has 0 spiro atoms. The third-order valence-corrected chi connectivity index (χ3v) is 2.26. The van der Waals surface area contributed by atoms with Gasteiger partial charge in [0.1, 0.15) is 0 Å². The van der Waals surface area contributed by atoms with E-state index in [2.05, 4.69) is 0 Å². The molecule has 0 unspecified atom stereocenters. The van der Waals surface area contributed by atoms with Gasteiger partial charge < -0.3 is 0 Å². The summed E-state index contributed by atoms with van der Waals surface area (Å²) in [7, 11) is 0. The molecule has 44 valence electrons. The van der Waals surface area contributed by atoms with E-state index in [0.29, 0.717) is 0 Å². The summed E-state index contributed by atoms with van der Waals surface area (Å²) in [6.45, 7) is 0. The minimum Gasteiger partial charge on any atom is -0.0666 e. The Bertz CT molecular complexity index is 117. The topological polar surface area (TPSA) is 0 Å². The van der Waals surface area contributed by atoms with Gasteiger partial charge in [0.25, 0.3) is 0 Å². The van der Waals surface area contributed by atoms with E-state index in [-0.39, 0.29) is 0 Å². The van der Waals surface area contributed by atoms with Gasteiger partial charge in [-0.05, 0) is 32.1 Å². The van der Waals surface area contributed by atoms with Crippen LogP contribution in [0.25, 0.3) is 0 Å². The van der Waals surface area contributed by atoms with E-state index < -0.39 is 0 Å². The first-order valence-electron chi connectivity index (χ1n) is 3.66. The van der Waals surface area contributed by atoms with Gasteiger partial charge in [0.05, 0.1) is 0 Å². The maximum absolute atomic E-state index is 1.81. The highest BCUT2D eigenvalue weighted by Gasteiger charge is 2.21. The molecule has 0 bridgehead atoms. The Morgan fingerprint density at radius 2 is 1.38 bits per heavy atom. The first-order chi connectivity index (χ1) is 3.97.